The normalized spacial score (nSPS) is 47.5. The third-order valence-electron chi connectivity index (χ3n) is 8.02. The molecule has 0 N–H and O–H groups in total. The van der Waals surface area contributed by atoms with Crippen LogP contribution in [0.15, 0.2) is 23.3 Å². The van der Waals surface area contributed by atoms with E-state index in [0.717, 1.165) is 5.57 Å². The summed E-state index contributed by atoms with van der Waals surface area (Å²) in [4.78, 5) is 36.8. The number of ether oxygens (including phenoxy) is 3. The van der Waals surface area contributed by atoms with E-state index in [1.165, 1.54) is 6.92 Å². The van der Waals surface area contributed by atoms with Gasteiger partial charge in [-0.3, -0.25) is 9.59 Å². The Morgan fingerprint density at radius 2 is 1.96 bits per heavy atom. The minimum atomic E-state index is -0.659. The van der Waals surface area contributed by atoms with Crippen LogP contribution in [0.25, 0.3) is 0 Å². The van der Waals surface area contributed by atoms with Crippen LogP contribution in [0.3, 0.4) is 0 Å². The van der Waals surface area contributed by atoms with Crippen molar-refractivity contribution in [2.75, 3.05) is 0 Å². The van der Waals surface area contributed by atoms with Gasteiger partial charge in [-0.1, -0.05) is 26.8 Å². The van der Waals surface area contributed by atoms with Crippen molar-refractivity contribution in [3.8, 4) is 0 Å². The first-order valence-electron chi connectivity index (χ1n) is 10.0. The maximum atomic E-state index is 12.7. The number of carbonyl (C=O) groups excluding carboxylic acids is 3. The molecule has 2 saturated carbocycles. The van der Waals surface area contributed by atoms with E-state index < -0.39 is 22.5 Å². The summed E-state index contributed by atoms with van der Waals surface area (Å²) in [5.74, 6) is -0.641. The number of allylic oxidation sites excluding steroid dienone is 2. The molecule has 3 aliphatic carbocycles. The Balaban J connectivity index is 1.64. The number of carbonyl (C=O) groups is 3. The Kier molecular flexibility index (Phi) is 3.33. The van der Waals surface area contributed by atoms with Crippen molar-refractivity contribution < 1.29 is 28.6 Å². The Bertz CT molecular complexity index is 881. The van der Waals surface area contributed by atoms with Crippen LogP contribution < -0.4 is 0 Å². The van der Waals surface area contributed by atoms with Gasteiger partial charge in [-0.25, -0.2) is 4.79 Å². The van der Waals surface area contributed by atoms with Crippen molar-refractivity contribution in [2.24, 2.45) is 22.7 Å². The highest BCUT2D eigenvalue weighted by Crippen LogP contribution is 2.70. The number of epoxide rings is 1. The van der Waals surface area contributed by atoms with Crippen LogP contribution in [-0.2, 0) is 28.6 Å². The molecule has 1 spiro atoms. The fourth-order valence-corrected chi connectivity index (χ4v) is 6.91. The zero-order chi connectivity index (χ0) is 20.2. The molecule has 0 radical (unpaired) electrons. The molecule has 7 unspecified atom stereocenters. The van der Waals surface area contributed by atoms with Crippen LogP contribution in [0, 0.1) is 22.7 Å². The van der Waals surface area contributed by atoms with Gasteiger partial charge in [0.2, 0.25) is 0 Å². The molecule has 2 aliphatic heterocycles. The van der Waals surface area contributed by atoms with E-state index >= 15 is 0 Å². The maximum Gasteiger partial charge on any atom is 0.334 e. The lowest BCUT2D eigenvalue weighted by Crippen LogP contribution is -2.63. The molecule has 6 heteroatoms. The minimum Gasteiger partial charge on any atom is -0.462 e. The molecule has 1 saturated heterocycles. The summed E-state index contributed by atoms with van der Waals surface area (Å²) in [6.07, 6.45) is 4.04. The quantitative estimate of drug-likeness (QED) is 0.509. The third kappa shape index (κ3) is 1.99. The standard InChI is InChI=1S/C22H26O6/c1-10-16-12(27-19(10)25)8-14-21(5)7-6-15(24)20(3,4)17(21)13(26-11(2)23)9-22(14)18(16)28-22/h6-7,12-14,17-18H,8-9H2,1-5H3. The number of esters is 2. The van der Waals surface area contributed by atoms with Crippen LogP contribution in [-0.4, -0.2) is 41.6 Å². The smallest absolute Gasteiger partial charge is 0.334 e. The van der Waals surface area contributed by atoms with Gasteiger partial charge >= 0.3 is 11.9 Å². The van der Waals surface area contributed by atoms with Crippen LogP contribution in [0.4, 0.5) is 0 Å². The largest absolute Gasteiger partial charge is 0.462 e. The van der Waals surface area contributed by atoms with Gasteiger partial charge in [-0.15, -0.1) is 0 Å². The van der Waals surface area contributed by atoms with Gasteiger partial charge in [0.05, 0.1) is 0 Å². The van der Waals surface area contributed by atoms with Crippen molar-refractivity contribution in [1.82, 2.24) is 0 Å². The molecule has 5 aliphatic rings. The lowest BCUT2D eigenvalue weighted by atomic mass is 9.45. The third-order valence-corrected chi connectivity index (χ3v) is 8.02. The first kappa shape index (κ1) is 18.1. The molecule has 28 heavy (non-hydrogen) atoms. The van der Waals surface area contributed by atoms with Crippen LogP contribution in [0.1, 0.15) is 47.5 Å². The average Bonchev–Trinajstić information content (AvgIpc) is 3.22. The second-order valence-electron chi connectivity index (χ2n) is 9.83. The first-order valence-corrected chi connectivity index (χ1v) is 10.0. The summed E-state index contributed by atoms with van der Waals surface area (Å²) in [6, 6.07) is 0. The summed E-state index contributed by atoms with van der Waals surface area (Å²) < 4.78 is 17.8. The van der Waals surface area contributed by atoms with Crippen LogP contribution in [0.2, 0.25) is 0 Å². The predicted octanol–water partition coefficient (Wildman–Crippen LogP) is 2.51. The Hall–Kier alpha value is -1.95. The van der Waals surface area contributed by atoms with Crippen molar-refractivity contribution in [2.45, 2.75) is 71.4 Å². The molecule has 0 aromatic rings. The van der Waals surface area contributed by atoms with E-state index in [9.17, 15) is 14.4 Å². The van der Waals surface area contributed by atoms with E-state index in [1.807, 2.05) is 19.9 Å². The van der Waals surface area contributed by atoms with Gasteiger partial charge in [0, 0.05) is 41.7 Å². The molecular weight excluding hydrogens is 360 g/mol. The van der Waals surface area contributed by atoms with Crippen molar-refractivity contribution in [1.29, 1.82) is 0 Å². The fourth-order valence-electron chi connectivity index (χ4n) is 6.91. The summed E-state index contributed by atoms with van der Waals surface area (Å²) in [5.41, 5.74) is 0.0801. The van der Waals surface area contributed by atoms with E-state index in [1.54, 1.807) is 13.0 Å². The highest BCUT2D eigenvalue weighted by Gasteiger charge is 2.77. The fraction of sp³-hybridized carbons (Fsp3) is 0.682. The van der Waals surface area contributed by atoms with E-state index in [-0.39, 0.29) is 41.8 Å². The second kappa shape index (κ2) is 5.15. The lowest BCUT2D eigenvalue weighted by Gasteiger charge is -2.59. The van der Waals surface area contributed by atoms with Gasteiger partial charge in [0.15, 0.2) is 5.78 Å². The summed E-state index contributed by atoms with van der Waals surface area (Å²) in [6.45, 7) is 9.23. The van der Waals surface area contributed by atoms with Gasteiger partial charge < -0.3 is 14.2 Å². The number of ketones is 1. The van der Waals surface area contributed by atoms with E-state index in [2.05, 4.69) is 6.92 Å². The zero-order valence-corrected chi connectivity index (χ0v) is 16.9. The van der Waals surface area contributed by atoms with Gasteiger partial charge in [-0.2, -0.15) is 0 Å². The molecule has 0 amide bonds. The summed E-state index contributed by atoms with van der Waals surface area (Å²) in [7, 11) is 0. The van der Waals surface area contributed by atoms with Gasteiger partial charge in [0.25, 0.3) is 0 Å². The highest BCUT2D eigenvalue weighted by molar-refractivity contribution is 5.96. The Morgan fingerprint density at radius 3 is 2.64 bits per heavy atom. The number of fused-ring (bicyclic) bond motifs is 4. The van der Waals surface area contributed by atoms with Crippen molar-refractivity contribution in [3.05, 3.63) is 23.3 Å². The molecule has 0 bridgehead atoms. The number of hydrogen-bond acceptors (Lipinski definition) is 6. The number of hydrogen-bond donors (Lipinski definition) is 0. The molecule has 2 heterocycles. The maximum absolute atomic E-state index is 12.7. The van der Waals surface area contributed by atoms with Gasteiger partial charge in [0.1, 0.15) is 23.9 Å². The molecule has 7 atom stereocenters. The molecule has 6 nitrogen and oxygen atoms in total. The Morgan fingerprint density at radius 1 is 1.25 bits per heavy atom. The van der Waals surface area contributed by atoms with Crippen LogP contribution in [0.5, 0.6) is 0 Å². The first-order chi connectivity index (χ1) is 13.0. The van der Waals surface area contributed by atoms with Crippen molar-refractivity contribution >= 4 is 17.7 Å². The zero-order valence-electron chi connectivity index (χ0n) is 16.9. The van der Waals surface area contributed by atoms with E-state index in [0.29, 0.717) is 18.4 Å². The lowest BCUT2D eigenvalue weighted by molar-refractivity contribution is -0.180. The van der Waals surface area contributed by atoms with Crippen molar-refractivity contribution in [3.63, 3.8) is 0 Å². The molecule has 0 aromatic carbocycles. The topological polar surface area (TPSA) is 82.2 Å². The molecular formula is C22H26O6. The molecule has 0 aromatic heterocycles. The molecule has 150 valence electrons. The van der Waals surface area contributed by atoms with Crippen LogP contribution >= 0.6 is 0 Å². The minimum absolute atomic E-state index is 0.0517. The Labute approximate surface area is 164 Å². The van der Waals surface area contributed by atoms with E-state index in [4.69, 9.17) is 14.2 Å². The summed E-state index contributed by atoms with van der Waals surface area (Å²) in [5, 5.41) is 0. The molecule has 5 rings (SSSR count). The number of rotatable bonds is 1. The second-order valence-corrected chi connectivity index (χ2v) is 9.83. The van der Waals surface area contributed by atoms with Gasteiger partial charge in [-0.05, 0) is 24.8 Å². The molecule has 3 fully saturated rings. The highest BCUT2D eigenvalue weighted by atomic mass is 16.6. The monoisotopic (exact) mass is 386 g/mol. The summed E-state index contributed by atoms with van der Waals surface area (Å²) >= 11 is 0. The average molecular weight is 386 g/mol. The predicted molar refractivity (Wildman–Crippen MR) is 98.0 cm³/mol. The SMILES string of the molecule is CC(=O)OC1CC23OC2C2=C(C)C(=O)OC2CC3C2(C)C=CC(=O)C(C)(C)C12.